The van der Waals surface area contributed by atoms with Gasteiger partial charge in [-0.3, -0.25) is 0 Å². The summed E-state index contributed by atoms with van der Waals surface area (Å²) in [7, 11) is 0. The van der Waals surface area contributed by atoms with Gasteiger partial charge in [0.2, 0.25) is 6.54 Å². The summed E-state index contributed by atoms with van der Waals surface area (Å²) in [5.74, 6) is 0. The van der Waals surface area contributed by atoms with Crippen LogP contribution in [0.2, 0.25) is 0 Å². The Labute approximate surface area is 50.5 Å². The molecule has 0 aliphatic heterocycles. The first-order chi connectivity index (χ1) is 3.91. The lowest BCUT2D eigenvalue weighted by Crippen LogP contribution is -1.97. The molecule has 0 aromatic rings. The van der Waals surface area contributed by atoms with Crippen LogP contribution in [0.5, 0.6) is 0 Å². The summed E-state index contributed by atoms with van der Waals surface area (Å²) in [4.78, 5) is 3.22. The highest BCUT2D eigenvalue weighted by Crippen LogP contribution is 1.92. The number of nitrogens with zero attached hydrogens (tertiary/aromatic N) is 1. The maximum atomic E-state index is 6.43. The average Bonchev–Trinajstić information content (AvgIpc) is 1.81. The lowest BCUT2D eigenvalue weighted by molar-refractivity contribution is 0.717. The van der Waals surface area contributed by atoms with Crippen molar-refractivity contribution in [3.8, 4) is 0 Å². The molecule has 0 saturated carbocycles. The third-order valence-electron chi connectivity index (χ3n) is 0.974. The standard InChI is InChI=1S/C6H12N2/c1-8-6-4-2-3-5-7/h2-7H2. The van der Waals surface area contributed by atoms with E-state index in [9.17, 15) is 0 Å². The first-order valence-corrected chi connectivity index (χ1v) is 2.95. The molecule has 0 aliphatic rings. The van der Waals surface area contributed by atoms with E-state index in [1.54, 1.807) is 0 Å². The van der Waals surface area contributed by atoms with Gasteiger partial charge < -0.3 is 10.6 Å². The molecule has 0 aromatic carbocycles. The molecule has 0 aromatic heterocycles. The molecule has 0 amide bonds. The minimum absolute atomic E-state index is 0.667. The summed E-state index contributed by atoms with van der Waals surface area (Å²) >= 11 is 0. The average molecular weight is 112 g/mol. The maximum Gasteiger partial charge on any atom is 0.214 e. The Hall–Kier alpha value is -0.550. The maximum absolute atomic E-state index is 6.43. The molecule has 0 unspecified atom stereocenters. The molecule has 0 spiro atoms. The summed E-state index contributed by atoms with van der Waals surface area (Å²) in [6, 6.07) is 0. The second-order valence-corrected chi connectivity index (χ2v) is 1.73. The fourth-order valence-electron chi connectivity index (χ4n) is 0.512. The number of nitrogens with two attached hydrogens (primary N) is 1. The highest BCUT2D eigenvalue weighted by Gasteiger charge is 1.86. The highest BCUT2D eigenvalue weighted by molar-refractivity contribution is 4.57. The number of hydrogen-bond donors (Lipinski definition) is 1. The summed E-state index contributed by atoms with van der Waals surface area (Å²) in [5, 5.41) is 0. The summed E-state index contributed by atoms with van der Waals surface area (Å²) in [6.07, 6.45) is 3.19. The zero-order chi connectivity index (χ0) is 6.24. The van der Waals surface area contributed by atoms with Crippen molar-refractivity contribution < 1.29 is 0 Å². The van der Waals surface area contributed by atoms with Gasteiger partial charge in [0, 0.05) is 6.42 Å². The van der Waals surface area contributed by atoms with Gasteiger partial charge in [0.1, 0.15) is 0 Å². The number of unbranched alkanes of at least 4 members (excludes halogenated alkanes) is 2. The van der Waals surface area contributed by atoms with Gasteiger partial charge in [0.25, 0.3) is 0 Å². The van der Waals surface area contributed by atoms with E-state index in [2.05, 4.69) is 4.85 Å². The second-order valence-electron chi connectivity index (χ2n) is 1.73. The normalized spacial score (nSPS) is 8.50. The first-order valence-electron chi connectivity index (χ1n) is 2.95. The Morgan fingerprint density at radius 2 is 2.00 bits per heavy atom. The van der Waals surface area contributed by atoms with Crippen molar-refractivity contribution in [1.29, 1.82) is 0 Å². The second kappa shape index (κ2) is 6.45. The summed E-state index contributed by atoms with van der Waals surface area (Å²) < 4.78 is 0. The van der Waals surface area contributed by atoms with Gasteiger partial charge in [-0.2, -0.15) is 0 Å². The molecule has 0 bridgehead atoms. The number of hydrogen-bond acceptors (Lipinski definition) is 1. The molecule has 0 heterocycles. The van der Waals surface area contributed by atoms with E-state index in [0.29, 0.717) is 6.54 Å². The lowest BCUT2D eigenvalue weighted by atomic mass is 10.2. The van der Waals surface area contributed by atoms with Crippen molar-refractivity contribution in [2.45, 2.75) is 19.3 Å². The van der Waals surface area contributed by atoms with Crippen LogP contribution in [0.15, 0.2) is 0 Å². The van der Waals surface area contributed by atoms with Crippen LogP contribution in [0.3, 0.4) is 0 Å². The van der Waals surface area contributed by atoms with E-state index in [1.807, 2.05) is 0 Å². The Bertz CT molecular complexity index is 73.1. The molecule has 8 heavy (non-hydrogen) atoms. The summed E-state index contributed by atoms with van der Waals surface area (Å²) in [6.45, 7) is 7.86. The molecule has 0 aliphatic carbocycles. The Kier molecular flexibility index (Phi) is 6.01. The van der Waals surface area contributed by atoms with Gasteiger partial charge in [0.05, 0.1) is 0 Å². The van der Waals surface area contributed by atoms with Crippen molar-refractivity contribution in [2.75, 3.05) is 13.1 Å². The smallest absolute Gasteiger partial charge is 0.214 e. The van der Waals surface area contributed by atoms with Crippen LogP contribution >= 0.6 is 0 Å². The van der Waals surface area contributed by atoms with Crippen LogP contribution < -0.4 is 5.73 Å². The van der Waals surface area contributed by atoms with Crippen molar-refractivity contribution in [3.63, 3.8) is 0 Å². The zero-order valence-corrected chi connectivity index (χ0v) is 5.06. The van der Waals surface area contributed by atoms with Crippen LogP contribution in [-0.2, 0) is 0 Å². The van der Waals surface area contributed by atoms with Crippen LogP contribution in [0.1, 0.15) is 19.3 Å². The van der Waals surface area contributed by atoms with Crippen molar-refractivity contribution >= 4 is 0 Å². The molecule has 0 rings (SSSR count). The Balaban J connectivity index is 2.65. The SMILES string of the molecule is [C-]#[N+]CCCCCN. The van der Waals surface area contributed by atoms with E-state index in [0.717, 1.165) is 25.8 Å². The van der Waals surface area contributed by atoms with Crippen molar-refractivity contribution in [3.05, 3.63) is 11.4 Å². The monoisotopic (exact) mass is 112 g/mol. The van der Waals surface area contributed by atoms with E-state index in [1.165, 1.54) is 0 Å². The van der Waals surface area contributed by atoms with Crippen LogP contribution in [0, 0.1) is 6.57 Å². The van der Waals surface area contributed by atoms with E-state index < -0.39 is 0 Å². The van der Waals surface area contributed by atoms with Gasteiger partial charge in [-0.1, -0.05) is 0 Å². The van der Waals surface area contributed by atoms with Crippen LogP contribution in [0.25, 0.3) is 4.85 Å². The molecule has 2 heteroatoms. The third-order valence-corrected chi connectivity index (χ3v) is 0.974. The Morgan fingerprint density at radius 3 is 2.50 bits per heavy atom. The van der Waals surface area contributed by atoms with Crippen LogP contribution in [-0.4, -0.2) is 13.1 Å². The largest absolute Gasteiger partial charge is 0.330 e. The minimum atomic E-state index is 0.667. The van der Waals surface area contributed by atoms with E-state index in [4.69, 9.17) is 12.3 Å². The fourth-order valence-corrected chi connectivity index (χ4v) is 0.512. The molecule has 2 N–H and O–H groups in total. The minimum Gasteiger partial charge on any atom is -0.330 e. The molecule has 0 saturated heterocycles. The molecule has 0 atom stereocenters. The van der Waals surface area contributed by atoms with E-state index >= 15 is 0 Å². The number of rotatable bonds is 4. The topological polar surface area (TPSA) is 30.4 Å². The van der Waals surface area contributed by atoms with E-state index in [-0.39, 0.29) is 0 Å². The highest BCUT2D eigenvalue weighted by atomic mass is 14.6. The molecule has 2 nitrogen and oxygen atoms in total. The van der Waals surface area contributed by atoms with Crippen LogP contribution in [0.4, 0.5) is 0 Å². The predicted octanol–water partition coefficient (Wildman–Crippen LogP) is 1.03. The molecule has 0 radical (unpaired) electrons. The van der Waals surface area contributed by atoms with Gasteiger partial charge in [-0.05, 0) is 19.4 Å². The molecule has 46 valence electrons. The predicted molar refractivity (Wildman–Crippen MR) is 34.4 cm³/mol. The third kappa shape index (κ3) is 5.45. The Morgan fingerprint density at radius 1 is 1.25 bits per heavy atom. The van der Waals surface area contributed by atoms with Gasteiger partial charge in [-0.15, -0.1) is 0 Å². The molecular formula is C6H12N2. The van der Waals surface area contributed by atoms with Gasteiger partial charge in [0.15, 0.2) is 0 Å². The van der Waals surface area contributed by atoms with Gasteiger partial charge >= 0.3 is 0 Å². The first kappa shape index (κ1) is 7.45. The molecular weight excluding hydrogens is 100 g/mol. The summed E-state index contributed by atoms with van der Waals surface area (Å²) in [5.41, 5.74) is 5.23. The lowest BCUT2D eigenvalue weighted by Gasteiger charge is -1.88. The van der Waals surface area contributed by atoms with Gasteiger partial charge in [-0.25, -0.2) is 6.57 Å². The zero-order valence-electron chi connectivity index (χ0n) is 5.06. The van der Waals surface area contributed by atoms with Crippen molar-refractivity contribution in [1.82, 2.24) is 0 Å². The van der Waals surface area contributed by atoms with Crippen molar-refractivity contribution in [2.24, 2.45) is 5.73 Å². The molecule has 0 fully saturated rings. The fraction of sp³-hybridized carbons (Fsp3) is 0.833. The quantitative estimate of drug-likeness (QED) is 0.427.